The molecule has 2 aliphatic heterocycles. The maximum atomic E-state index is 12.0. The SMILES string of the molecule is CCC(=O)N1CCCCN1C1CCN(C)CC1. The van der Waals surface area contributed by atoms with Gasteiger partial charge in [0.2, 0.25) is 5.91 Å². The number of hydrogen-bond donors (Lipinski definition) is 0. The lowest BCUT2D eigenvalue weighted by Crippen LogP contribution is -2.56. The Morgan fingerprint density at radius 1 is 1.12 bits per heavy atom. The Kier molecular flexibility index (Phi) is 4.40. The van der Waals surface area contributed by atoms with Crippen LogP contribution in [0.1, 0.15) is 39.0 Å². The molecule has 2 fully saturated rings. The molecule has 1 amide bonds. The van der Waals surface area contributed by atoms with E-state index in [4.69, 9.17) is 0 Å². The predicted octanol–water partition coefficient (Wildman–Crippen LogP) is 1.33. The number of nitrogens with zero attached hydrogens (tertiary/aromatic N) is 3. The summed E-state index contributed by atoms with van der Waals surface area (Å²) in [5, 5.41) is 4.39. The van der Waals surface area contributed by atoms with Crippen molar-refractivity contribution in [2.75, 3.05) is 33.2 Å². The van der Waals surface area contributed by atoms with Gasteiger partial charge in [-0.25, -0.2) is 5.01 Å². The zero-order valence-electron chi connectivity index (χ0n) is 11.2. The molecule has 0 aliphatic carbocycles. The molecule has 0 spiro atoms. The summed E-state index contributed by atoms with van der Waals surface area (Å²) in [7, 11) is 2.18. The van der Waals surface area contributed by atoms with E-state index in [-0.39, 0.29) is 0 Å². The molecule has 0 saturated carbocycles. The molecule has 0 radical (unpaired) electrons. The van der Waals surface area contributed by atoms with Crippen molar-refractivity contribution in [3.05, 3.63) is 0 Å². The molecule has 0 N–H and O–H groups in total. The molecule has 0 atom stereocenters. The van der Waals surface area contributed by atoms with E-state index in [1.54, 1.807) is 0 Å². The van der Waals surface area contributed by atoms with Gasteiger partial charge in [-0.2, -0.15) is 0 Å². The number of hydrogen-bond acceptors (Lipinski definition) is 3. The highest BCUT2D eigenvalue weighted by Gasteiger charge is 2.31. The average Bonchev–Trinajstić information content (AvgIpc) is 2.39. The maximum Gasteiger partial charge on any atom is 0.236 e. The fraction of sp³-hybridized carbons (Fsp3) is 0.923. The maximum absolute atomic E-state index is 12.0. The van der Waals surface area contributed by atoms with Gasteiger partial charge in [0.15, 0.2) is 0 Å². The van der Waals surface area contributed by atoms with E-state index >= 15 is 0 Å². The van der Waals surface area contributed by atoms with Crippen LogP contribution in [0.3, 0.4) is 0 Å². The van der Waals surface area contributed by atoms with E-state index in [2.05, 4.69) is 17.0 Å². The molecule has 4 nitrogen and oxygen atoms in total. The second kappa shape index (κ2) is 5.83. The molecule has 2 rings (SSSR count). The molecule has 4 heteroatoms. The number of carbonyl (C=O) groups is 1. The molecule has 2 saturated heterocycles. The fourth-order valence-corrected chi connectivity index (χ4v) is 2.91. The number of piperidine rings is 1. The molecular weight excluding hydrogens is 214 g/mol. The third-order valence-electron chi connectivity index (χ3n) is 4.02. The van der Waals surface area contributed by atoms with Gasteiger partial charge in [-0.15, -0.1) is 0 Å². The van der Waals surface area contributed by atoms with Crippen LogP contribution in [-0.4, -0.2) is 60.1 Å². The molecule has 2 aliphatic rings. The Morgan fingerprint density at radius 2 is 1.76 bits per heavy atom. The molecule has 0 aromatic rings. The van der Waals surface area contributed by atoms with Gasteiger partial charge < -0.3 is 4.90 Å². The van der Waals surface area contributed by atoms with Crippen molar-refractivity contribution in [3.8, 4) is 0 Å². The highest BCUT2D eigenvalue weighted by molar-refractivity contribution is 5.75. The van der Waals surface area contributed by atoms with Crippen LogP contribution in [0, 0.1) is 0 Å². The van der Waals surface area contributed by atoms with Crippen LogP contribution in [0.5, 0.6) is 0 Å². The smallest absolute Gasteiger partial charge is 0.236 e. The van der Waals surface area contributed by atoms with Crippen molar-refractivity contribution in [1.29, 1.82) is 0 Å². The van der Waals surface area contributed by atoms with Crippen molar-refractivity contribution in [2.45, 2.75) is 45.1 Å². The zero-order chi connectivity index (χ0) is 12.3. The normalized spacial score (nSPS) is 25.2. The summed E-state index contributed by atoms with van der Waals surface area (Å²) >= 11 is 0. The standard InChI is InChI=1S/C13H25N3O/c1-3-13(17)16-9-5-4-8-15(16)12-6-10-14(2)11-7-12/h12H,3-11H2,1-2H3. The summed E-state index contributed by atoms with van der Waals surface area (Å²) in [6, 6.07) is 0.585. The van der Waals surface area contributed by atoms with E-state index in [1.165, 1.54) is 19.3 Å². The Morgan fingerprint density at radius 3 is 2.41 bits per heavy atom. The molecule has 0 aromatic carbocycles. The van der Waals surface area contributed by atoms with Gasteiger partial charge in [0.1, 0.15) is 0 Å². The third-order valence-corrected chi connectivity index (χ3v) is 4.02. The zero-order valence-corrected chi connectivity index (χ0v) is 11.2. The summed E-state index contributed by atoms with van der Waals surface area (Å²) in [4.78, 5) is 14.3. The Hall–Kier alpha value is -0.610. The molecule has 98 valence electrons. The quantitative estimate of drug-likeness (QED) is 0.727. The predicted molar refractivity (Wildman–Crippen MR) is 68.5 cm³/mol. The lowest BCUT2D eigenvalue weighted by molar-refractivity contribution is -0.160. The third kappa shape index (κ3) is 2.99. The molecule has 0 unspecified atom stereocenters. The first-order valence-corrected chi connectivity index (χ1v) is 6.98. The first-order valence-electron chi connectivity index (χ1n) is 6.98. The van der Waals surface area contributed by atoms with Gasteiger partial charge >= 0.3 is 0 Å². The number of hydrazine groups is 1. The lowest BCUT2D eigenvalue weighted by atomic mass is 10.0. The van der Waals surface area contributed by atoms with Gasteiger partial charge in [0, 0.05) is 25.6 Å². The second-order valence-electron chi connectivity index (χ2n) is 5.28. The highest BCUT2D eigenvalue weighted by atomic mass is 16.2. The fourth-order valence-electron chi connectivity index (χ4n) is 2.91. The van der Waals surface area contributed by atoms with Crippen LogP contribution in [0.4, 0.5) is 0 Å². The summed E-state index contributed by atoms with van der Waals surface area (Å²) in [6.07, 6.45) is 5.42. The van der Waals surface area contributed by atoms with E-state index in [9.17, 15) is 4.79 Å². The minimum Gasteiger partial charge on any atom is -0.306 e. The minimum absolute atomic E-state index is 0.295. The van der Waals surface area contributed by atoms with Gasteiger partial charge in [0.25, 0.3) is 0 Å². The Balaban J connectivity index is 1.98. The first kappa shape index (κ1) is 12.8. The van der Waals surface area contributed by atoms with Gasteiger partial charge in [-0.05, 0) is 45.8 Å². The Labute approximate surface area is 105 Å². The van der Waals surface area contributed by atoms with E-state index in [0.29, 0.717) is 18.4 Å². The van der Waals surface area contributed by atoms with E-state index < -0.39 is 0 Å². The van der Waals surface area contributed by atoms with Crippen LogP contribution in [0.15, 0.2) is 0 Å². The van der Waals surface area contributed by atoms with Crippen molar-refractivity contribution >= 4 is 5.91 Å². The minimum atomic E-state index is 0.295. The molecular formula is C13H25N3O. The van der Waals surface area contributed by atoms with Gasteiger partial charge in [0.05, 0.1) is 0 Å². The van der Waals surface area contributed by atoms with E-state index in [1.807, 2.05) is 11.9 Å². The number of rotatable bonds is 2. The first-order chi connectivity index (χ1) is 8.22. The van der Waals surface area contributed by atoms with Gasteiger partial charge in [-0.1, -0.05) is 6.92 Å². The van der Waals surface area contributed by atoms with Crippen LogP contribution in [0.25, 0.3) is 0 Å². The highest BCUT2D eigenvalue weighted by Crippen LogP contribution is 2.22. The average molecular weight is 239 g/mol. The van der Waals surface area contributed by atoms with Gasteiger partial charge in [-0.3, -0.25) is 9.80 Å². The number of amides is 1. The van der Waals surface area contributed by atoms with Crippen molar-refractivity contribution in [1.82, 2.24) is 14.9 Å². The van der Waals surface area contributed by atoms with Crippen LogP contribution in [0.2, 0.25) is 0 Å². The largest absolute Gasteiger partial charge is 0.306 e. The van der Waals surface area contributed by atoms with Crippen LogP contribution in [-0.2, 0) is 4.79 Å². The molecule has 2 heterocycles. The second-order valence-corrected chi connectivity index (χ2v) is 5.28. The van der Waals surface area contributed by atoms with Crippen molar-refractivity contribution < 1.29 is 4.79 Å². The number of carbonyl (C=O) groups excluding carboxylic acids is 1. The summed E-state index contributed by atoms with van der Waals surface area (Å²) in [6.45, 7) is 6.29. The molecule has 0 bridgehead atoms. The summed E-state index contributed by atoms with van der Waals surface area (Å²) in [5.41, 5.74) is 0. The van der Waals surface area contributed by atoms with Crippen LogP contribution >= 0.6 is 0 Å². The van der Waals surface area contributed by atoms with E-state index in [0.717, 1.165) is 32.6 Å². The van der Waals surface area contributed by atoms with Crippen LogP contribution < -0.4 is 0 Å². The van der Waals surface area contributed by atoms with Crippen molar-refractivity contribution in [3.63, 3.8) is 0 Å². The summed E-state index contributed by atoms with van der Waals surface area (Å²) in [5.74, 6) is 0.295. The molecule has 0 aromatic heterocycles. The molecule has 17 heavy (non-hydrogen) atoms. The lowest BCUT2D eigenvalue weighted by Gasteiger charge is -2.45. The summed E-state index contributed by atoms with van der Waals surface area (Å²) < 4.78 is 0. The Bertz CT molecular complexity index is 261. The topological polar surface area (TPSA) is 26.8 Å². The van der Waals surface area contributed by atoms with Crippen molar-refractivity contribution in [2.24, 2.45) is 0 Å². The number of likely N-dealkylation sites (tertiary alicyclic amines) is 1. The monoisotopic (exact) mass is 239 g/mol.